The largest absolute Gasteiger partial charge is 0.368 e. The van der Waals surface area contributed by atoms with Crippen molar-refractivity contribution in [1.29, 1.82) is 0 Å². The zero-order chi connectivity index (χ0) is 17.8. The molecule has 132 valence electrons. The van der Waals surface area contributed by atoms with Crippen molar-refractivity contribution >= 4 is 0 Å². The molecule has 0 saturated heterocycles. The molecule has 0 fully saturated rings. The van der Waals surface area contributed by atoms with Crippen LogP contribution in [0.2, 0.25) is 0 Å². The van der Waals surface area contributed by atoms with E-state index >= 15 is 0 Å². The molecule has 0 saturated carbocycles. The summed E-state index contributed by atoms with van der Waals surface area (Å²) >= 11 is 0. The Morgan fingerprint density at radius 1 is 0.682 bits per heavy atom. The van der Waals surface area contributed by atoms with E-state index in [0.29, 0.717) is 29.8 Å². The Labute approximate surface area is 141 Å². The van der Waals surface area contributed by atoms with Crippen LogP contribution < -0.4 is 0 Å². The van der Waals surface area contributed by atoms with Gasteiger partial charge in [-0.15, -0.1) is 0 Å². The van der Waals surface area contributed by atoms with Gasteiger partial charge < -0.3 is 4.90 Å². The molecule has 1 heteroatoms. The molecule has 1 aliphatic heterocycles. The van der Waals surface area contributed by atoms with Gasteiger partial charge in [0.15, 0.2) is 0 Å². The molecule has 1 aliphatic rings. The Balaban J connectivity index is 0.00000211. The average Bonchev–Trinajstić information content (AvgIpc) is 2.77. The molecule has 0 radical (unpaired) electrons. The molecule has 0 N–H and O–H groups in total. The first-order valence-electron chi connectivity index (χ1n) is 9.63. The van der Waals surface area contributed by atoms with Crippen LogP contribution in [0.1, 0.15) is 83.1 Å². The average molecular weight is 310 g/mol. The predicted octanol–water partition coefficient (Wildman–Crippen LogP) is 6.60. The van der Waals surface area contributed by atoms with E-state index < -0.39 is 0 Å². The molecular formula is C21H43N. The molecule has 1 nitrogen and oxygen atoms in total. The summed E-state index contributed by atoms with van der Waals surface area (Å²) < 4.78 is 0. The fourth-order valence-electron chi connectivity index (χ4n) is 4.26. The molecule has 2 atom stereocenters. The molecular weight excluding hydrogens is 266 g/mol. The lowest BCUT2D eigenvalue weighted by atomic mass is 9.76. The smallest absolute Gasteiger partial charge is 0.0381 e. The van der Waals surface area contributed by atoms with Crippen molar-refractivity contribution in [2.75, 3.05) is 0 Å². The van der Waals surface area contributed by atoms with Crippen molar-refractivity contribution < 1.29 is 0 Å². The molecule has 0 aromatic carbocycles. The summed E-state index contributed by atoms with van der Waals surface area (Å²) in [4.78, 5) is 2.76. The van der Waals surface area contributed by atoms with Crippen LogP contribution in [0.5, 0.6) is 0 Å². The quantitative estimate of drug-likeness (QED) is 0.553. The lowest BCUT2D eigenvalue weighted by molar-refractivity contribution is 0.122. The summed E-state index contributed by atoms with van der Waals surface area (Å²) in [7, 11) is 0. The summed E-state index contributed by atoms with van der Waals surface area (Å²) in [6, 6.07) is 1.27. The summed E-state index contributed by atoms with van der Waals surface area (Å²) in [5.41, 5.74) is 3.38. The van der Waals surface area contributed by atoms with E-state index in [2.05, 4.69) is 74.1 Å². The van der Waals surface area contributed by atoms with Crippen LogP contribution in [-0.4, -0.2) is 17.0 Å². The first-order chi connectivity index (χ1) is 10.1. The minimum atomic E-state index is 0.595. The Kier molecular flexibility index (Phi) is 8.80. The first-order valence-corrected chi connectivity index (χ1v) is 9.63. The van der Waals surface area contributed by atoms with Gasteiger partial charge in [0.2, 0.25) is 0 Å². The number of hydrogen-bond acceptors (Lipinski definition) is 1. The van der Waals surface area contributed by atoms with Crippen LogP contribution in [0.3, 0.4) is 0 Å². The van der Waals surface area contributed by atoms with E-state index in [4.69, 9.17) is 0 Å². The Bertz CT molecular complexity index is 317. The lowest BCUT2D eigenvalue weighted by Gasteiger charge is -2.40. The van der Waals surface area contributed by atoms with Gasteiger partial charge in [0.1, 0.15) is 0 Å². The summed E-state index contributed by atoms with van der Waals surface area (Å²) in [5, 5.41) is 0. The van der Waals surface area contributed by atoms with Crippen LogP contribution in [0, 0.1) is 29.6 Å². The second kappa shape index (κ2) is 8.99. The van der Waals surface area contributed by atoms with E-state index in [9.17, 15) is 0 Å². The summed E-state index contributed by atoms with van der Waals surface area (Å²) in [5.74, 6) is 3.42. The maximum atomic E-state index is 2.76. The van der Waals surface area contributed by atoms with Gasteiger partial charge in [-0.3, -0.25) is 0 Å². The summed E-state index contributed by atoms with van der Waals surface area (Å²) in [6.07, 6.45) is 0. The van der Waals surface area contributed by atoms with Crippen molar-refractivity contribution in [1.82, 2.24) is 4.90 Å². The molecule has 0 amide bonds. The standard InChI is InChI=1S/C19H37N.C2H6/c1-11(2)16-17(12(3)4)19(14(7)8)20(15(9)10)18(16)13(5)6;1-2/h11-16,18H,1-10H3;1-2H3. The molecule has 0 bridgehead atoms. The number of allylic oxidation sites excluding steroid dienone is 1. The number of nitrogens with zero attached hydrogens (tertiary/aromatic N) is 1. The highest BCUT2D eigenvalue weighted by Crippen LogP contribution is 2.47. The maximum Gasteiger partial charge on any atom is 0.0381 e. The molecule has 1 rings (SSSR count). The third-order valence-electron chi connectivity index (χ3n) is 4.75. The Morgan fingerprint density at radius 3 is 1.36 bits per heavy atom. The van der Waals surface area contributed by atoms with Crippen LogP contribution in [0.15, 0.2) is 11.3 Å². The van der Waals surface area contributed by atoms with Gasteiger partial charge in [-0.2, -0.15) is 0 Å². The van der Waals surface area contributed by atoms with E-state index in [1.165, 1.54) is 0 Å². The fraction of sp³-hybridized carbons (Fsp3) is 0.905. The minimum absolute atomic E-state index is 0.595. The second-order valence-electron chi connectivity index (χ2n) is 8.16. The second-order valence-corrected chi connectivity index (χ2v) is 8.16. The molecule has 0 aliphatic carbocycles. The third kappa shape index (κ3) is 4.30. The first kappa shape index (κ1) is 21.5. The van der Waals surface area contributed by atoms with E-state index in [1.807, 2.05) is 13.8 Å². The van der Waals surface area contributed by atoms with E-state index in [0.717, 1.165) is 11.8 Å². The monoisotopic (exact) mass is 309 g/mol. The van der Waals surface area contributed by atoms with Gasteiger partial charge in [0.05, 0.1) is 0 Å². The van der Waals surface area contributed by atoms with Crippen molar-refractivity contribution in [3.05, 3.63) is 11.3 Å². The van der Waals surface area contributed by atoms with Crippen LogP contribution >= 0.6 is 0 Å². The highest BCUT2D eigenvalue weighted by Gasteiger charge is 2.45. The van der Waals surface area contributed by atoms with Crippen LogP contribution in [0.4, 0.5) is 0 Å². The van der Waals surface area contributed by atoms with Gasteiger partial charge >= 0.3 is 0 Å². The minimum Gasteiger partial charge on any atom is -0.368 e. The zero-order valence-corrected chi connectivity index (χ0v) is 17.5. The lowest BCUT2D eigenvalue weighted by Crippen LogP contribution is -2.44. The van der Waals surface area contributed by atoms with Gasteiger partial charge in [0, 0.05) is 23.7 Å². The van der Waals surface area contributed by atoms with Gasteiger partial charge in [0.25, 0.3) is 0 Å². The van der Waals surface area contributed by atoms with Gasteiger partial charge in [-0.25, -0.2) is 0 Å². The molecule has 0 aromatic heterocycles. The zero-order valence-electron chi connectivity index (χ0n) is 17.5. The maximum absolute atomic E-state index is 2.76. The number of rotatable bonds is 5. The molecule has 2 unspecified atom stereocenters. The topological polar surface area (TPSA) is 3.24 Å². The number of hydrogen-bond donors (Lipinski definition) is 0. The fourth-order valence-corrected chi connectivity index (χ4v) is 4.26. The van der Waals surface area contributed by atoms with Crippen molar-refractivity contribution in [3.63, 3.8) is 0 Å². The third-order valence-corrected chi connectivity index (χ3v) is 4.75. The normalized spacial score (nSPS) is 22.5. The predicted molar refractivity (Wildman–Crippen MR) is 102 cm³/mol. The van der Waals surface area contributed by atoms with Crippen molar-refractivity contribution in [2.24, 2.45) is 29.6 Å². The Hall–Kier alpha value is -0.460. The molecule has 22 heavy (non-hydrogen) atoms. The van der Waals surface area contributed by atoms with Crippen molar-refractivity contribution in [2.45, 2.75) is 95.2 Å². The highest BCUT2D eigenvalue weighted by molar-refractivity contribution is 5.30. The van der Waals surface area contributed by atoms with E-state index in [-0.39, 0.29) is 0 Å². The van der Waals surface area contributed by atoms with Crippen LogP contribution in [0.25, 0.3) is 0 Å². The van der Waals surface area contributed by atoms with E-state index in [1.54, 1.807) is 11.3 Å². The van der Waals surface area contributed by atoms with Gasteiger partial charge in [-0.05, 0) is 43.1 Å². The Morgan fingerprint density at radius 2 is 1.14 bits per heavy atom. The van der Waals surface area contributed by atoms with Gasteiger partial charge in [-0.1, -0.05) is 69.2 Å². The molecule has 0 spiro atoms. The summed E-state index contributed by atoms with van der Waals surface area (Å²) in [6.45, 7) is 27.8. The SMILES string of the molecule is CC.CC(C)C1=C(C(C)C)N(C(C)C)C(C(C)C)C1C(C)C. The highest BCUT2D eigenvalue weighted by atomic mass is 15.2. The molecule has 0 aromatic rings. The van der Waals surface area contributed by atoms with Crippen molar-refractivity contribution in [3.8, 4) is 0 Å². The molecule has 1 heterocycles. The van der Waals surface area contributed by atoms with Crippen LogP contribution in [-0.2, 0) is 0 Å².